The van der Waals surface area contributed by atoms with Crippen LogP contribution in [0, 0.1) is 0 Å². The summed E-state index contributed by atoms with van der Waals surface area (Å²) in [7, 11) is 0. The van der Waals surface area contributed by atoms with Gasteiger partial charge in [0.1, 0.15) is 5.76 Å². The van der Waals surface area contributed by atoms with Crippen LogP contribution in [0.3, 0.4) is 0 Å². The molecule has 1 aromatic carbocycles. The Morgan fingerprint density at radius 2 is 2.13 bits per heavy atom. The van der Waals surface area contributed by atoms with Crippen molar-refractivity contribution in [2.45, 2.75) is 35.9 Å². The lowest BCUT2D eigenvalue weighted by molar-refractivity contribution is -0.116. The number of carbonyl (C=O) groups excluding carboxylic acids is 2. The number of para-hydroxylation sites is 1. The molecule has 154 valence electrons. The first-order valence-corrected chi connectivity index (χ1v) is 11.6. The lowest BCUT2D eigenvalue weighted by atomic mass is 10.0. The third-order valence-electron chi connectivity index (χ3n) is 5.10. The summed E-state index contributed by atoms with van der Waals surface area (Å²) in [6.45, 7) is 0.731. The van der Waals surface area contributed by atoms with E-state index in [9.17, 15) is 9.59 Å². The number of rotatable bonds is 6. The predicted molar refractivity (Wildman–Crippen MR) is 114 cm³/mol. The van der Waals surface area contributed by atoms with Crippen LogP contribution >= 0.6 is 23.1 Å². The van der Waals surface area contributed by atoms with Crippen LogP contribution in [0.1, 0.15) is 47.0 Å². The molecule has 0 saturated heterocycles. The fourth-order valence-corrected chi connectivity index (χ4v) is 5.05. The van der Waals surface area contributed by atoms with Gasteiger partial charge in [-0.2, -0.15) is 0 Å². The average Bonchev–Trinajstić information content (AvgIpc) is 3.32. The molecule has 1 aliphatic carbocycles. The summed E-state index contributed by atoms with van der Waals surface area (Å²) in [5.74, 6) is 1.09. The highest BCUT2D eigenvalue weighted by Gasteiger charge is 2.29. The molecule has 0 unspecified atom stereocenters. The van der Waals surface area contributed by atoms with Crippen molar-refractivity contribution >= 4 is 45.7 Å². The van der Waals surface area contributed by atoms with Crippen LogP contribution in [0.25, 0.3) is 0 Å². The predicted octanol–water partition coefficient (Wildman–Crippen LogP) is 3.73. The Balaban J connectivity index is 1.17. The molecule has 1 fully saturated rings. The number of thioether (sulfide) groups is 1. The van der Waals surface area contributed by atoms with Crippen molar-refractivity contribution in [3.05, 3.63) is 47.3 Å². The van der Waals surface area contributed by atoms with Crippen LogP contribution in [0.2, 0.25) is 0 Å². The van der Waals surface area contributed by atoms with E-state index in [2.05, 4.69) is 26.7 Å². The molecule has 1 N–H and O–H groups in total. The number of hydrogen-bond donors (Lipinski definition) is 1. The molecular formula is C20H19N5O3S2. The third kappa shape index (κ3) is 4.10. The molecule has 10 heteroatoms. The normalized spacial score (nSPS) is 15.7. The van der Waals surface area contributed by atoms with E-state index in [0.717, 1.165) is 43.7 Å². The second kappa shape index (κ2) is 8.19. The zero-order valence-corrected chi connectivity index (χ0v) is 17.7. The number of aryl methyl sites for hydroxylation is 1. The first-order chi connectivity index (χ1) is 14.7. The van der Waals surface area contributed by atoms with E-state index in [1.165, 1.54) is 28.7 Å². The van der Waals surface area contributed by atoms with Gasteiger partial charge >= 0.3 is 0 Å². The molecule has 0 bridgehead atoms. The minimum absolute atomic E-state index is 0.0446. The Morgan fingerprint density at radius 3 is 3.00 bits per heavy atom. The number of amides is 2. The van der Waals surface area contributed by atoms with E-state index < -0.39 is 0 Å². The van der Waals surface area contributed by atoms with Gasteiger partial charge in [-0.15, -0.1) is 10.2 Å². The zero-order valence-electron chi connectivity index (χ0n) is 16.0. The number of fused-ring (bicyclic) bond motifs is 1. The number of aromatic nitrogens is 3. The summed E-state index contributed by atoms with van der Waals surface area (Å²) in [6, 6.07) is 9.71. The maximum absolute atomic E-state index is 12.7. The van der Waals surface area contributed by atoms with Crippen molar-refractivity contribution in [3.8, 4) is 0 Å². The number of nitrogens with one attached hydrogen (secondary N) is 1. The van der Waals surface area contributed by atoms with Crippen LogP contribution in [0.5, 0.6) is 0 Å². The maximum Gasteiger partial charge on any atom is 0.279 e. The zero-order chi connectivity index (χ0) is 20.5. The number of hydrogen-bond acceptors (Lipinski definition) is 8. The summed E-state index contributed by atoms with van der Waals surface area (Å²) < 4.78 is 5.84. The SMILES string of the molecule is O=C(Nc1nnc(SCC(=O)N2CCCc3ccccc32)s1)c1cc(C2CC2)on1. The molecule has 3 aromatic rings. The fourth-order valence-electron chi connectivity index (χ4n) is 3.43. The van der Waals surface area contributed by atoms with Crippen molar-refractivity contribution in [3.63, 3.8) is 0 Å². The molecule has 0 radical (unpaired) electrons. The monoisotopic (exact) mass is 441 g/mol. The Labute approximate surface area is 181 Å². The van der Waals surface area contributed by atoms with E-state index in [1.807, 2.05) is 23.1 Å². The second-order valence-corrected chi connectivity index (χ2v) is 9.48. The van der Waals surface area contributed by atoms with Crippen molar-refractivity contribution < 1.29 is 14.1 Å². The largest absolute Gasteiger partial charge is 0.360 e. The van der Waals surface area contributed by atoms with Gasteiger partial charge in [-0.25, -0.2) is 0 Å². The lowest BCUT2D eigenvalue weighted by Crippen LogP contribution is -2.36. The Hall–Kier alpha value is -2.72. The highest BCUT2D eigenvalue weighted by Crippen LogP contribution is 2.40. The highest BCUT2D eigenvalue weighted by atomic mass is 32.2. The first-order valence-electron chi connectivity index (χ1n) is 9.80. The average molecular weight is 442 g/mol. The van der Waals surface area contributed by atoms with Gasteiger partial charge in [0.15, 0.2) is 10.0 Å². The van der Waals surface area contributed by atoms with E-state index in [4.69, 9.17) is 4.52 Å². The summed E-state index contributed by atoms with van der Waals surface area (Å²) in [5.41, 5.74) is 2.44. The van der Waals surface area contributed by atoms with Crippen molar-refractivity contribution in [2.24, 2.45) is 0 Å². The Bertz CT molecular complexity index is 1090. The molecule has 8 nitrogen and oxygen atoms in total. The number of nitrogens with zero attached hydrogens (tertiary/aromatic N) is 4. The van der Waals surface area contributed by atoms with Crippen LogP contribution in [0.4, 0.5) is 10.8 Å². The number of benzene rings is 1. The molecular weight excluding hydrogens is 422 g/mol. The molecule has 5 rings (SSSR count). The van der Waals surface area contributed by atoms with E-state index >= 15 is 0 Å². The maximum atomic E-state index is 12.7. The van der Waals surface area contributed by atoms with Crippen molar-refractivity contribution in [1.29, 1.82) is 0 Å². The van der Waals surface area contributed by atoms with E-state index in [-0.39, 0.29) is 23.3 Å². The molecule has 2 amide bonds. The molecule has 30 heavy (non-hydrogen) atoms. The van der Waals surface area contributed by atoms with Gasteiger partial charge in [-0.3, -0.25) is 14.9 Å². The van der Waals surface area contributed by atoms with Gasteiger partial charge < -0.3 is 9.42 Å². The molecule has 3 heterocycles. The third-order valence-corrected chi connectivity index (χ3v) is 7.05. The van der Waals surface area contributed by atoms with Crippen LogP contribution < -0.4 is 10.2 Å². The van der Waals surface area contributed by atoms with Crippen molar-refractivity contribution in [1.82, 2.24) is 15.4 Å². The van der Waals surface area contributed by atoms with E-state index in [1.54, 1.807) is 6.07 Å². The molecule has 0 atom stereocenters. The summed E-state index contributed by atoms with van der Waals surface area (Å²) in [5, 5.41) is 14.9. The lowest BCUT2D eigenvalue weighted by Gasteiger charge is -2.29. The van der Waals surface area contributed by atoms with Crippen LogP contribution in [0.15, 0.2) is 39.2 Å². The smallest absolute Gasteiger partial charge is 0.279 e. The summed E-state index contributed by atoms with van der Waals surface area (Å²) >= 11 is 2.56. The molecule has 2 aliphatic rings. The summed E-state index contributed by atoms with van der Waals surface area (Å²) in [6.07, 6.45) is 4.12. The molecule has 1 saturated carbocycles. The number of carbonyl (C=O) groups is 2. The quantitative estimate of drug-likeness (QED) is 0.459. The topological polar surface area (TPSA) is 101 Å². The molecule has 0 spiro atoms. The molecule has 2 aromatic heterocycles. The number of anilines is 2. The van der Waals surface area contributed by atoms with Crippen LogP contribution in [-0.2, 0) is 11.2 Å². The fraction of sp³-hybridized carbons (Fsp3) is 0.350. The standard InChI is InChI=1S/C20H19N5O3S2/c26-17(25-9-3-5-12-4-1-2-6-15(12)25)11-29-20-23-22-19(30-20)21-18(27)14-10-16(28-24-14)13-7-8-13/h1-2,4,6,10,13H,3,5,7-9,11H2,(H,21,22,27). The summed E-state index contributed by atoms with van der Waals surface area (Å²) in [4.78, 5) is 26.9. The van der Waals surface area contributed by atoms with Crippen LogP contribution in [-0.4, -0.2) is 39.5 Å². The van der Waals surface area contributed by atoms with Gasteiger partial charge in [0.05, 0.1) is 5.75 Å². The molecule has 1 aliphatic heterocycles. The highest BCUT2D eigenvalue weighted by molar-refractivity contribution is 8.01. The second-order valence-electron chi connectivity index (χ2n) is 7.28. The Morgan fingerprint density at radius 1 is 1.27 bits per heavy atom. The van der Waals surface area contributed by atoms with E-state index in [0.29, 0.717) is 15.4 Å². The first kappa shape index (κ1) is 19.3. The van der Waals surface area contributed by atoms with Crippen molar-refractivity contribution in [2.75, 3.05) is 22.5 Å². The van der Waals surface area contributed by atoms with Gasteiger partial charge in [-0.05, 0) is 37.3 Å². The Kier molecular flexibility index (Phi) is 5.26. The van der Waals surface area contributed by atoms with Gasteiger partial charge in [-0.1, -0.05) is 46.5 Å². The van der Waals surface area contributed by atoms with Gasteiger partial charge in [0, 0.05) is 24.2 Å². The minimum atomic E-state index is -0.376. The minimum Gasteiger partial charge on any atom is -0.360 e. The van der Waals surface area contributed by atoms with Gasteiger partial charge in [0.25, 0.3) is 5.91 Å². The van der Waals surface area contributed by atoms with Gasteiger partial charge in [0.2, 0.25) is 11.0 Å².